The number of urea groups is 1. The Hall–Kier alpha value is -2.11. The number of amides is 3. The molecule has 3 amide bonds. The third-order valence-corrected chi connectivity index (χ3v) is 3.97. The van der Waals surface area contributed by atoms with Gasteiger partial charge < -0.3 is 15.1 Å². The van der Waals surface area contributed by atoms with Gasteiger partial charge in [-0.2, -0.15) is 0 Å². The SMILES string of the molecule is O=C(N[C@@H]1CC(=O)N(c2cccc(F)c2)C1)N1CCCC1. The molecule has 2 aliphatic heterocycles. The molecule has 2 aliphatic rings. The van der Waals surface area contributed by atoms with E-state index in [0.29, 0.717) is 12.2 Å². The van der Waals surface area contributed by atoms with Crippen LogP contribution in [0, 0.1) is 5.82 Å². The molecule has 112 valence electrons. The zero-order chi connectivity index (χ0) is 14.8. The van der Waals surface area contributed by atoms with Gasteiger partial charge in [0.05, 0.1) is 6.04 Å². The Morgan fingerprint density at radius 2 is 2.05 bits per heavy atom. The normalized spacial score (nSPS) is 22.0. The summed E-state index contributed by atoms with van der Waals surface area (Å²) in [6.07, 6.45) is 2.33. The third-order valence-electron chi connectivity index (χ3n) is 3.97. The van der Waals surface area contributed by atoms with E-state index in [1.165, 1.54) is 17.0 Å². The van der Waals surface area contributed by atoms with Crippen molar-refractivity contribution < 1.29 is 14.0 Å². The minimum atomic E-state index is -0.371. The van der Waals surface area contributed by atoms with Gasteiger partial charge in [0.15, 0.2) is 0 Å². The van der Waals surface area contributed by atoms with E-state index in [2.05, 4.69) is 5.32 Å². The molecule has 0 bridgehead atoms. The second-order valence-electron chi connectivity index (χ2n) is 5.53. The summed E-state index contributed by atoms with van der Waals surface area (Å²) in [6, 6.07) is 5.64. The van der Waals surface area contributed by atoms with E-state index >= 15 is 0 Å². The molecule has 21 heavy (non-hydrogen) atoms. The molecule has 0 aromatic heterocycles. The van der Waals surface area contributed by atoms with Crippen molar-refractivity contribution in [2.45, 2.75) is 25.3 Å². The largest absolute Gasteiger partial charge is 0.333 e. The first-order valence-corrected chi connectivity index (χ1v) is 7.25. The predicted octanol–water partition coefficient (Wildman–Crippen LogP) is 1.74. The number of likely N-dealkylation sites (tertiary alicyclic amines) is 1. The van der Waals surface area contributed by atoms with Gasteiger partial charge in [-0.05, 0) is 31.0 Å². The summed E-state index contributed by atoms with van der Waals surface area (Å²) in [7, 11) is 0. The van der Waals surface area contributed by atoms with E-state index in [9.17, 15) is 14.0 Å². The zero-order valence-corrected chi connectivity index (χ0v) is 11.7. The van der Waals surface area contributed by atoms with Crippen LogP contribution >= 0.6 is 0 Å². The fourth-order valence-corrected chi connectivity index (χ4v) is 2.88. The van der Waals surface area contributed by atoms with Crippen molar-refractivity contribution in [3.05, 3.63) is 30.1 Å². The fraction of sp³-hybridized carbons (Fsp3) is 0.467. The summed E-state index contributed by atoms with van der Waals surface area (Å²) in [5.41, 5.74) is 0.540. The molecule has 0 unspecified atom stereocenters. The van der Waals surface area contributed by atoms with Crippen LogP contribution in [0.4, 0.5) is 14.9 Å². The van der Waals surface area contributed by atoms with E-state index in [0.717, 1.165) is 25.9 Å². The Labute approximate surface area is 122 Å². The first-order valence-electron chi connectivity index (χ1n) is 7.25. The maximum absolute atomic E-state index is 13.2. The van der Waals surface area contributed by atoms with Crippen LogP contribution in [0.15, 0.2) is 24.3 Å². The van der Waals surface area contributed by atoms with E-state index < -0.39 is 0 Å². The monoisotopic (exact) mass is 291 g/mol. The molecule has 2 fully saturated rings. The molecule has 2 heterocycles. The highest BCUT2D eigenvalue weighted by Crippen LogP contribution is 2.22. The third kappa shape index (κ3) is 2.99. The molecule has 5 nitrogen and oxygen atoms in total. The van der Waals surface area contributed by atoms with Crippen LogP contribution in [0.3, 0.4) is 0 Å². The maximum atomic E-state index is 13.2. The number of carbonyl (C=O) groups excluding carboxylic acids is 2. The number of hydrogen-bond acceptors (Lipinski definition) is 2. The smallest absolute Gasteiger partial charge is 0.317 e. The molecule has 3 rings (SSSR count). The zero-order valence-electron chi connectivity index (χ0n) is 11.7. The highest BCUT2D eigenvalue weighted by molar-refractivity contribution is 5.96. The van der Waals surface area contributed by atoms with Crippen molar-refractivity contribution in [1.29, 1.82) is 0 Å². The van der Waals surface area contributed by atoms with Crippen molar-refractivity contribution in [2.75, 3.05) is 24.5 Å². The molecule has 1 aromatic carbocycles. The Bertz CT molecular complexity index is 558. The molecule has 1 N–H and O–H groups in total. The van der Waals surface area contributed by atoms with Gasteiger partial charge in [0.25, 0.3) is 0 Å². The molecule has 0 saturated carbocycles. The second kappa shape index (κ2) is 5.71. The average molecular weight is 291 g/mol. The quantitative estimate of drug-likeness (QED) is 0.902. The van der Waals surface area contributed by atoms with Gasteiger partial charge in [0, 0.05) is 31.7 Å². The molecular weight excluding hydrogens is 273 g/mol. The number of nitrogens with one attached hydrogen (secondary N) is 1. The average Bonchev–Trinajstić information content (AvgIpc) is 3.08. The minimum absolute atomic E-state index is 0.0904. The summed E-state index contributed by atoms with van der Waals surface area (Å²) < 4.78 is 13.2. The van der Waals surface area contributed by atoms with E-state index in [-0.39, 0.29) is 30.2 Å². The van der Waals surface area contributed by atoms with E-state index in [4.69, 9.17) is 0 Å². The maximum Gasteiger partial charge on any atom is 0.317 e. The number of anilines is 1. The summed E-state index contributed by atoms with van der Waals surface area (Å²) in [6.45, 7) is 1.95. The highest BCUT2D eigenvalue weighted by atomic mass is 19.1. The van der Waals surface area contributed by atoms with Gasteiger partial charge in [-0.15, -0.1) is 0 Å². The molecule has 1 aromatic rings. The van der Waals surface area contributed by atoms with Gasteiger partial charge in [0.1, 0.15) is 5.82 Å². The van der Waals surface area contributed by atoms with E-state index in [1.807, 2.05) is 0 Å². The lowest BCUT2D eigenvalue weighted by Crippen LogP contribution is -2.44. The second-order valence-corrected chi connectivity index (χ2v) is 5.53. The van der Waals surface area contributed by atoms with Gasteiger partial charge in [-0.3, -0.25) is 4.79 Å². The Balaban J connectivity index is 1.63. The van der Waals surface area contributed by atoms with Crippen molar-refractivity contribution in [3.8, 4) is 0 Å². The molecule has 0 aliphatic carbocycles. The molecule has 2 saturated heterocycles. The Kier molecular flexibility index (Phi) is 3.77. The molecule has 0 radical (unpaired) electrons. The van der Waals surface area contributed by atoms with Crippen LogP contribution in [0.2, 0.25) is 0 Å². The molecule has 6 heteroatoms. The number of nitrogens with zero attached hydrogens (tertiary/aromatic N) is 2. The summed E-state index contributed by atoms with van der Waals surface area (Å²) in [5.74, 6) is -0.461. The standard InChI is InChI=1S/C15H18FN3O2/c16-11-4-3-5-13(8-11)19-10-12(9-14(19)20)17-15(21)18-6-1-2-7-18/h3-5,8,12H,1-2,6-7,9-10H2,(H,17,21)/t12-/m1/s1. The van der Waals surface area contributed by atoms with Crippen LogP contribution < -0.4 is 10.2 Å². The van der Waals surface area contributed by atoms with Gasteiger partial charge >= 0.3 is 6.03 Å². The van der Waals surface area contributed by atoms with Crippen molar-refractivity contribution in [1.82, 2.24) is 10.2 Å². The first kappa shape index (κ1) is 13.9. The van der Waals surface area contributed by atoms with Crippen LogP contribution in [-0.4, -0.2) is 42.5 Å². The van der Waals surface area contributed by atoms with Crippen molar-refractivity contribution >= 4 is 17.6 Å². The lowest BCUT2D eigenvalue weighted by atomic mass is 10.2. The van der Waals surface area contributed by atoms with Gasteiger partial charge in [0.2, 0.25) is 5.91 Å². The number of rotatable bonds is 2. The number of carbonyl (C=O) groups is 2. The van der Waals surface area contributed by atoms with E-state index in [1.54, 1.807) is 17.0 Å². The lowest BCUT2D eigenvalue weighted by Gasteiger charge is -2.20. The number of benzene rings is 1. The summed E-state index contributed by atoms with van der Waals surface area (Å²) in [4.78, 5) is 27.4. The molecular formula is C15H18FN3O2. The Morgan fingerprint density at radius 1 is 1.29 bits per heavy atom. The predicted molar refractivity (Wildman–Crippen MR) is 76.5 cm³/mol. The van der Waals surface area contributed by atoms with Gasteiger partial charge in [-0.25, -0.2) is 9.18 Å². The summed E-state index contributed by atoms with van der Waals surface area (Å²) >= 11 is 0. The molecule has 0 spiro atoms. The lowest BCUT2D eigenvalue weighted by molar-refractivity contribution is -0.117. The fourth-order valence-electron chi connectivity index (χ4n) is 2.88. The van der Waals surface area contributed by atoms with Crippen molar-refractivity contribution in [3.63, 3.8) is 0 Å². The Morgan fingerprint density at radius 3 is 2.76 bits per heavy atom. The minimum Gasteiger partial charge on any atom is -0.333 e. The van der Waals surface area contributed by atoms with Crippen LogP contribution in [0.5, 0.6) is 0 Å². The number of halogens is 1. The molecule has 1 atom stereocenters. The van der Waals surface area contributed by atoms with Crippen LogP contribution in [-0.2, 0) is 4.79 Å². The first-order chi connectivity index (χ1) is 10.1. The van der Waals surface area contributed by atoms with Crippen LogP contribution in [0.25, 0.3) is 0 Å². The topological polar surface area (TPSA) is 52.7 Å². The number of hydrogen-bond donors (Lipinski definition) is 1. The van der Waals surface area contributed by atoms with Gasteiger partial charge in [-0.1, -0.05) is 6.07 Å². The summed E-state index contributed by atoms with van der Waals surface area (Å²) in [5, 5.41) is 2.90. The highest BCUT2D eigenvalue weighted by Gasteiger charge is 2.32. The van der Waals surface area contributed by atoms with Crippen molar-refractivity contribution in [2.24, 2.45) is 0 Å². The van der Waals surface area contributed by atoms with Crippen LogP contribution in [0.1, 0.15) is 19.3 Å².